The van der Waals surface area contributed by atoms with Gasteiger partial charge in [0.1, 0.15) is 11.6 Å². The molecule has 1 atom stereocenters. The van der Waals surface area contributed by atoms with Crippen molar-refractivity contribution in [3.8, 4) is 5.75 Å². The first kappa shape index (κ1) is 15.4. The Hall–Kier alpha value is -3.09. The van der Waals surface area contributed by atoms with Crippen LogP contribution in [0.1, 0.15) is 33.7 Å². The summed E-state index contributed by atoms with van der Waals surface area (Å²) in [5.74, 6) is 1.62. The van der Waals surface area contributed by atoms with E-state index in [4.69, 9.17) is 9.26 Å². The van der Waals surface area contributed by atoms with Gasteiger partial charge in [0.05, 0.1) is 25.9 Å². The second kappa shape index (κ2) is 6.08. The summed E-state index contributed by atoms with van der Waals surface area (Å²) in [4.78, 5) is 19.2. The molecule has 3 aromatic rings. The van der Waals surface area contributed by atoms with Gasteiger partial charge in [0.25, 0.3) is 5.91 Å². The van der Waals surface area contributed by atoms with Gasteiger partial charge in [-0.25, -0.2) is 4.98 Å². The van der Waals surface area contributed by atoms with Crippen LogP contribution < -0.4 is 4.74 Å². The standard InChI is InChI=1S/C18H18N4O3/c1-12-9-19-17-11-22(18(23)16-7-8-20-25-16)14(10-21(12)17)13-5-3-4-6-15(13)24-2/h3-9,14H,10-11H2,1-2H3/t14-/m0/s1. The Balaban J connectivity index is 1.80. The highest BCUT2D eigenvalue weighted by molar-refractivity contribution is 5.91. The Labute approximate surface area is 144 Å². The van der Waals surface area contributed by atoms with E-state index >= 15 is 0 Å². The van der Waals surface area contributed by atoms with Gasteiger partial charge >= 0.3 is 0 Å². The molecule has 0 saturated carbocycles. The molecule has 2 aromatic heterocycles. The number of amides is 1. The number of carbonyl (C=O) groups is 1. The van der Waals surface area contributed by atoms with E-state index in [1.54, 1.807) is 18.1 Å². The molecule has 0 N–H and O–H groups in total. The third-order valence-corrected chi connectivity index (χ3v) is 4.59. The summed E-state index contributed by atoms with van der Waals surface area (Å²) in [6.07, 6.45) is 3.30. The first-order valence-corrected chi connectivity index (χ1v) is 8.04. The van der Waals surface area contributed by atoms with E-state index in [2.05, 4.69) is 14.7 Å². The fraction of sp³-hybridized carbons (Fsp3) is 0.278. The van der Waals surface area contributed by atoms with E-state index in [0.29, 0.717) is 13.1 Å². The van der Waals surface area contributed by atoms with Crippen molar-refractivity contribution in [2.75, 3.05) is 7.11 Å². The first-order chi connectivity index (χ1) is 12.2. The van der Waals surface area contributed by atoms with E-state index in [1.807, 2.05) is 37.4 Å². The Kier molecular flexibility index (Phi) is 3.76. The maximum absolute atomic E-state index is 13.0. The zero-order chi connectivity index (χ0) is 17.4. The number of aryl methyl sites for hydroxylation is 1. The number of rotatable bonds is 3. The van der Waals surface area contributed by atoms with Crippen molar-refractivity contribution < 1.29 is 14.1 Å². The molecule has 25 heavy (non-hydrogen) atoms. The van der Waals surface area contributed by atoms with Gasteiger partial charge in [-0.05, 0) is 13.0 Å². The van der Waals surface area contributed by atoms with E-state index < -0.39 is 0 Å². The molecule has 1 aromatic carbocycles. The molecule has 1 aliphatic rings. The van der Waals surface area contributed by atoms with Crippen molar-refractivity contribution >= 4 is 5.91 Å². The lowest BCUT2D eigenvalue weighted by Gasteiger charge is -2.36. The summed E-state index contributed by atoms with van der Waals surface area (Å²) in [5.41, 5.74) is 2.03. The molecular formula is C18H18N4O3. The quantitative estimate of drug-likeness (QED) is 0.734. The zero-order valence-electron chi connectivity index (χ0n) is 14.0. The summed E-state index contributed by atoms with van der Waals surface area (Å²) >= 11 is 0. The molecule has 7 heteroatoms. The molecule has 0 radical (unpaired) electrons. The maximum atomic E-state index is 13.0. The van der Waals surface area contributed by atoms with Crippen LogP contribution in [0.25, 0.3) is 0 Å². The number of nitrogens with zero attached hydrogens (tertiary/aromatic N) is 4. The normalized spacial score (nSPS) is 16.6. The van der Waals surface area contributed by atoms with Crippen LogP contribution in [-0.4, -0.2) is 32.6 Å². The predicted molar refractivity (Wildman–Crippen MR) is 89.1 cm³/mol. The molecule has 7 nitrogen and oxygen atoms in total. The van der Waals surface area contributed by atoms with Gasteiger partial charge in [-0.2, -0.15) is 0 Å². The number of fused-ring (bicyclic) bond motifs is 1. The molecule has 0 unspecified atom stereocenters. The van der Waals surface area contributed by atoms with E-state index in [-0.39, 0.29) is 17.7 Å². The minimum atomic E-state index is -0.208. The second-order valence-corrected chi connectivity index (χ2v) is 5.99. The summed E-state index contributed by atoms with van der Waals surface area (Å²) in [5, 5.41) is 3.65. The van der Waals surface area contributed by atoms with Crippen molar-refractivity contribution in [1.82, 2.24) is 19.6 Å². The van der Waals surface area contributed by atoms with Crippen molar-refractivity contribution in [2.45, 2.75) is 26.1 Å². The van der Waals surface area contributed by atoms with Crippen LogP contribution >= 0.6 is 0 Å². The fourth-order valence-electron chi connectivity index (χ4n) is 3.31. The van der Waals surface area contributed by atoms with Gasteiger partial charge in [0, 0.05) is 30.1 Å². The Bertz CT molecular complexity index is 901. The summed E-state index contributed by atoms with van der Waals surface area (Å²) in [6.45, 7) is 3.03. The van der Waals surface area contributed by atoms with Gasteiger partial charge in [-0.15, -0.1) is 0 Å². The molecule has 0 aliphatic carbocycles. The highest BCUT2D eigenvalue weighted by Gasteiger charge is 2.35. The minimum absolute atomic E-state index is 0.186. The SMILES string of the molecule is COc1ccccc1[C@@H]1Cn2c(C)cnc2CN1C(=O)c1ccno1. The van der Waals surface area contributed by atoms with Crippen LogP contribution in [-0.2, 0) is 13.1 Å². The summed E-state index contributed by atoms with van der Waals surface area (Å²) in [6, 6.07) is 9.15. The van der Waals surface area contributed by atoms with E-state index in [1.165, 1.54) is 6.20 Å². The van der Waals surface area contributed by atoms with Gasteiger partial charge in [-0.3, -0.25) is 4.79 Å². The molecule has 0 saturated heterocycles. The maximum Gasteiger partial charge on any atom is 0.293 e. The molecule has 4 rings (SSSR count). The van der Waals surface area contributed by atoms with Crippen LogP contribution in [0.3, 0.4) is 0 Å². The molecule has 3 heterocycles. The van der Waals surface area contributed by atoms with Gasteiger partial charge < -0.3 is 18.7 Å². The lowest BCUT2D eigenvalue weighted by atomic mass is 10.0. The Morgan fingerprint density at radius 1 is 1.32 bits per heavy atom. The number of ether oxygens (including phenoxy) is 1. The average molecular weight is 338 g/mol. The Morgan fingerprint density at radius 3 is 2.92 bits per heavy atom. The topological polar surface area (TPSA) is 73.4 Å². The first-order valence-electron chi connectivity index (χ1n) is 8.04. The van der Waals surface area contributed by atoms with Crippen molar-refractivity contribution in [3.63, 3.8) is 0 Å². The monoisotopic (exact) mass is 338 g/mol. The molecular weight excluding hydrogens is 320 g/mol. The second-order valence-electron chi connectivity index (χ2n) is 5.99. The smallest absolute Gasteiger partial charge is 0.293 e. The minimum Gasteiger partial charge on any atom is -0.496 e. The largest absolute Gasteiger partial charge is 0.496 e. The number of methoxy groups -OCH3 is 1. The van der Waals surface area contributed by atoms with Crippen LogP contribution in [0.2, 0.25) is 0 Å². The number of aromatic nitrogens is 3. The predicted octanol–water partition coefficient (Wildman–Crippen LogP) is 2.59. The lowest BCUT2D eigenvalue weighted by Crippen LogP contribution is -2.41. The molecule has 0 fully saturated rings. The van der Waals surface area contributed by atoms with Gasteiger partial charge in [0.2, 0.25) is 5.76 Å². The van der Waals surface area contributed by atoms with E-state index in [0.717, 1.165) is 22.8 Å². The zero-order valence-corrected chi connectivity index (χ0v) is 14.0. The number of hydrogen-bond donors (Lipinski definition) is 0. The van der Waals surface area contributed by atoms with Crippen LogP contribution in [0.5, 0.6) is 5.75 Å². The summed E-state index contributed by atoms with van der Waals surface area (Å²) in [7, 11) is 1.64. The van der Waals surface area contributed by atoms with E-state index in [9.17, 15) is 4.79 Å². The highest BCUT2D eigenvalue weighted by Crippen LogP contribution is 2.35. The fourth-order valence-corrected chi connectivity index (χ4v) is 3.31. The molecule has 0 spiro atoms. The van der Waals surface area contributed by atoms with Crippen LogP contribution in [0.15, 0.2) is 47.2 Å². The Morgan fingerprint density at radius 2 is 2.16 bits per heavy atom. The third kappa shape index (κ3) is 2.57. The number of para-hydroxylation sites is 1. The van der Waals surface area contributed by atoms with Gasteiger partial charge in [0.15, 0.2) is 0 Å². The molecule has 128 valence electrons. The lowest BCUT2D eigenvalue weighted by molar-refractivity contribution is 0.0537. The van der Waals surface area contributed by atoms with Crippen molar-refractivity contribution in [1.29, 1.82) is 0 Å². The van der Waals surface area contributed by atoms with Crippen molar-refractivity contribution in [3.05, 3.63) is 65.6 Å². The summed E-state index contributed by atoms with van der Waals surface area (Å²) < 4.78 is 12.7. The highest BCUT2D eigenvalue weighted by atomic mass is 16.5. The van der Waals surface area contributed by atoms with Crippen molar-refractivity contribution in [2.24, 2.45) is 0 Å². The number of hydrogen-bond acceptors (Lipinski definition) is 5. The molecule has 1 aliphatic heterocycles. The molecule has 1 amide bonds. The van der Waals surface area contributed by atoms with Gasteiger partial charge in [-0.1, -0.05) is 23.4 Å². The third-order valence-electron chi connectivity index (χ3n) is 4.59. The molecule has 0 bridgehead atoms. The number of carbonyl (C=O) groups excluding carboxylic acids is 1. The number of imidazole rings is 1. The number of benzene rings is 1. The average Bonchev–Trinajstić information content (AvgIpc) is 3.30. The van der Waals surface area contributed by atoms with Crippen LogP contribution in [0.4, 0.5) is 0 Å². The van der Waals surface area contributed by atoms with Crippen LogP contribution in [0, 0.1) is 6.92 Å².